The highest BCUT2D eigenvalue weighted by atomic mass is 32.2. The zero-order valence-electron chi connectivity index (χ0n) is 15.2. The number of aromatic nitrogens is 2. The molecule has 136 valence electrons. The number of nitrogens with one attached hydrogen (secondary N) is 2. The number of nitrogens with zero attached hydrogens (tertiary/aromatic N) is 3. The molecule has 0 spiro atoms. The minimum Gasteiger partial charge on any atom is -0.326 e. The van der Waals surface area contributed by atoms with Crippen LogP contribution < -0.4 is 10.7 Å². The number of thioether (sulfide) groups is 1. The third-order valence-electron chi connectivity index (χ3n) is 3.24. The lowest BCUT2D eigenvalue weighted by Crippen LogP contribution is -2.21. The van der Waals surface area contributed by atoms with E-state index in [1.807, 2.05) is 32.0 Å². The van der Waals surface area contributed by atoms with E-state index in [0.29, 0.717) is 16.6 Å². The molecule has 0 unspecified atom stereocenters. The summed E-state index contributed by atoms with van der Waals surface area (Å²) in [6.07, 6.45) is 0. The molecule has 0 saturated heterocycles. The molecule has 8 heteroatoms. The molecule has 0 atom stereocenters. The van der Waals surface area contributed by atoms with Gasteiger partial charge < -0.3 is 5.32 Å². The highest BCUT2D eigenvalue weighted by Crippen LogP contribution is 2.14. The first-order valence-corrected chi connectivity index (χ1v) is 8.98. The van der Waals surface area contributed by atoms with E-state index in [-0.39, 0.29) is 17.6 Å². The molecule has 2 rings (SSSR count). The maximum Gasteiger partial charge on any atom is 0.250 e. The Bertz CT molecular complexity index is 831. The Hall–Kier alpha value is -2.74. The van der Waals surface area contributed by atoms with Gasteiger partial charge in [-0.1, -0.05) is 23.9 Å². The molecule has 2 aromatic rings. The number of amides is 2. The minimum absolute atomic E-state index is 0.143. The standard InChI is InChI=1S/C18H21N5O2S/c1-11-8-12(2)20-18(19-11)26-10-17(25)23-22-13(3)15-6-5-7-16(9-15)21-14(4)24/h5-9H,10H2,1-4H3,(H,21,24)(H,23,25)/b22-13+. The van der Waals surface area contributed by atoms with Gasteiger partial charge in [0.15, 0.2) is 5.16 Å². The lowest BCUT2D eigenvalue weighted by molar-refractivity contribution is -0.118. The van der Waals surface area contributed by atoms with Crippen LogP contribution in [0.2, 0.25) is 0 Å². The number of carbonyl (C=O) groups is 2. The summed E-state index contributed by atoms with van der Waals surface area (Å²) >= 11 is 1.26. The van der Waals surface area contributed by atoms with Crippen LogP contribution in [0.5, 0.6) is 0 Å². The molecule has 0 fully saturated rings. The van der Waals surface area contributed by atoms with Crippen LogP contribution in [0.4, 0.5) is 5.69 Å². The Balaban J connectivity index is 1.93. The molecular weight excluding hydrogens is 350 g/mol. The Kier molecular flexibility index (Phi) is 6.85. The lowest BCUT2D eigenvalue weighted by Gasteiger charge is -2.06. The van der Waals surface area contributed by atoms with Gasteiger partial charge in [-0.3, -0.25) is 9.59 Å². The Morgan fingerprint density at radius 1 is 1.12 bits per heavy atom. The van der Waals surface area contributed by atoms with E-state index in [4.69, 9.17) is 0 Å². The van der Waals surface area contributed by atoms with Crippen molar-refractivity contribution in [3.8, 4) is 0 Å². The van der Waals surface area contributed by atoms with E-state index in [1.54, 1.807) is 19.1 Å². The number of hydrogen-bond acceptors (Lipinski definition) is 6. The summed E-state index contributed by atoms with van der Waals surface area (Å²) in [6, 6.07) is 9.14. The van der Waals surface area contributed by atoms with Crippen LogP contribution in [0.25, 0.3) is 0 Å². The van der Waals surface area contributed by atoms with Gasteiger partial charge in [0.25, 0.3) is 5.91 Å². The second-order valence-electron chi connectivity index (χ2n) is 5.72. The lowest BCUT2D eigenvalue weighted by atomic mass is 10.1. The molecule has 0 aliphatic carbocycles. The summed E-state index contributed by atoms with van der Waals surface area (Å²) in [5.74, 6) is -0.211. The summed E-state index contributed by atoms with van der Waals surface area (Å²) in [5.41, 5.74) is 6.39. The topological polar surface area (TPSA) is 96.3 Å². The molecule has 2 N–H and O–H groups in total. The fraction of sp³-hybridized carbons (Fsp3) is 0.278. The molecule has 1 aromatic heterocycles. The number of hydrazone groups is 1. The fourth-order valence-electron chi connectivity index (χ4n) is 2.16. The first-order chi connectivity index (χ1) is 12.3. The van der Waals surface area contributed by atoms with Crippen molar-refractivity contribution in [2.24, 2.45) is 5.10 Å². The smallest absolute Gasteiger partial charge is 0.250 e. The number of aryl methyl sites for hydroxylation is 2. The van der Waals surface area contributed by atoms with Crippen LogP contribution in [0.1, 0.15) is 30.8 Å². The summed E-state index contributed by atoms with van der Waals surface area (Å²) in [6.45, 7) is 7.02. The first-order valence-electron chi connectivity index (χ1n) is 7.99. The van der Waals surface area contributed by atoms with Gasteiger partial charge in [0.05, 0.1) is 11.5 Å². The van der Waals surface area contributed by atoms with E-state index >= 15 is 0 Å². The molecule has 0 bridgehead atoms. The third-order valence-corrected chi connectivity index (χ3v) is 4.09. The van der Waals surface area contributed by atoms with Crippen molar-refractivity contribution >= 4 is 35.0 Å². The molecule has 1 heterocycles. The number of carbonyl (C=O) groups excluding carboxylic acids is 2. The van der Waals surface area contributed by atoms with Crippen molar-refractivity contribution in [3.05, 3.63) is 47.3 Å². The minimum atomic E-state index is -0.241. The predicted octanol–water partition coefficient (Wildman–Crippen LogP) is 2.68. The molecule has 1 aromatic carbocycles. The van der Waals surface area contributed by atoms with Crippen molar-refractivity contribution in [1.29, 1.82) is 0 Å². The maximum atomic E-state index is 12.0. The number of anilines is 1. The van der Waals surface area contributed by atoms with Crippen molar-refractivity contribution < 1.29 is 9.59 Å². The van der Waals surface area contributed by atoms with Crippen molar-refractivity contribution in [2.45, 2.75) is 32.9 Å². The fourth-order valence-corrected chi connectivity index (χ4v) is 2.90. The van der Waals surface area contributed by atoms with Crippen LogP contribution in [-0.4, -0.2) is 33.2 Å². The summed E-state index contributed by atoms with van der Waals surface area (Å²) in [7, 11) is 0. The summed E-state index contributed by atoms with van der Waals surface area (Å²) in [5, 5.41) is 7.40. The average molecular weight is 371 g/mol. The van der Waals surface area contributed by atoms with Gasteiger partial charge in [-0.25, -0.2) is 15.4 Å². The van der Waals surface area contributed by atoms with E-state index in [0.717, 1.165) is 17.0 Å². The second-order valence-corrected chi connectivity index (χ2v) is 6.66. The van der Waals surface area contributed by atoms with Crippen LogP contribution in [-0.2, 0) is 9.59 Å². The summed E-state index contributed by atoms with van der Waals surface area (Å²) < 4.78 is 0. The van der Waals surface area contributed by atoms with E-state index in [1.165, 1.54) is 18.7 Å². The molecule has 7 nitrogen and oxygen atoms in total. The van der Waals surface area contributed by atoms with Gasteiger partial charge in [-0.2, -0.15) is 5.10 Å². The highest BCUT2D eigenvalue weighted by Gasteiger charge is 2.06. The highest BCUT2D eigenvalue weighted by molar-refractivity contribution is 7.99. The van der Waals surface area contributed by atoms with Gasteiger partial charge >= 0.3 is 0 Å². The van der Waals surface area contributed by atoms with E-state index < -0.39 is 0 Å². The Labute approximate surface area is 156 Å². The largest absolute Gasteiger partial charge is 0.326 e. The third kappa shape index (κ3) is 6.29. The molecular formula is C18H21N5O2S. The Morgan fingerprint density at radius 2 is 1.81 bits per heavy atom. The first kappa shape index (κ1) is 19.6. The van der Waals surface area contributed by atoms with Crippen molar-refractivity contribution in [3.63, 3.8) is 0 Å². The number of hydrogen-bond donors (Lipinski definition) is 2. The quantitative estimate of drug-likeness (QED) is 0.352. The van der Waals surface area contributed by atoms with Crippen LogP contribution >= 0.6 is 11.8 Å². The van der Waals surface area contributed by atoms with Crippen molar-refractivity contribution in [1.82, 2.24) is 15.4 Å². The Morgan fingerprint density at radius 3 is 2.46 bits per heavy atom. The van der Waals surface area contributed by atoms with Gasteiger partial charge in [0.1, 0.15) is 0 Å². The van der Waals surface area contributed by atoms with Gasteiger partial charge in [0.2, 0.25) is 5.91 Å². The van der Waals surface area contributed by atoms with Crippen LogP contribution in [0.3, 0.4) is 0 Å². The van der Waals surface area contributed by atoms with E-state index in [2.05, 4.69) is 25.8 Å². The van der Waals surface area contributed by atoms with Crippen LogP contribution in [0.15, 0.2) is 40.6 Å². The molecule has 26 heavy (non-hydrogen) atoms. The monoisotopic (exact) mass is 371 g/mol. The number of rotatable bonds is 6. The molecule has 0 saturated carbocycles. The number of benzene rings is 1. The zero-order chi connectivity index (χ0) is 19.1. The van der Waals surface area contributed by atoms with Gasteiger partial charge in [0, 0.05) is 24.0 Å². The predicted molar refractivity (Wildman–Crippen MR) is 103 cm³/mol. The average Bonchev–Trinajstić information content (AvgIpc) is 2.56. The molecule has 0 radical (unpaired) electrons. The maximum absolute atomic E-state index is 12.0. The normalized spacial score (nSPS) is 11.2. The van der Waals surface area contributed by atoms with Gasteiger partial charge in [-0.15, -0.1) is 0 Å². The molecule has 0 aliphatic rings. The molecule has 0 aliphatic heterocycles. The SMILES string of the molecule is CC(=O)Nc1cccc(/C(C)=N/NC(=O)CSc2nc(C)cc(C)n2)c1. The summed E-state index contributed by atoms with van der Waals surface area (Å²) in [4.78, 5) is 31.7. The van der Waals surface area contributed by atoms with Gasteiger partial charge in [-0.05, 0) is 44.5 Å². The van der Waals surface area contributed by atoms with Crippen LogP contribution in [0, 0.1) is 13.8 Å². The van der Waals surface area contributed by atoms with Crippen molar-refractivity contribution in [2.75, 3.05) is 11.1 Å². The molecule has 2 amide bonds. The second kappa shape index (κ2) is 9.10. The zero-order valence-corrected chi connectivity index (χ0v) is 16.0. The van der Waals surface area contributed by atoms with E-state index in [9.17, 15) is 9.59 Å².